The van der Waals surface area contributed by atoms with Crippen molar-refractivity contribution in [3.05, 3.63) is 48.3 Å². The highest BCUT2D eigenvalue weighted by Crippen LogP contribution is 2.20. The summed E-state index contributed by atoms with van der Waals surface area (Å²) in [6.45, 7) is 6.82. The molecule has 28 heavy (non-hydrogen) atoms. The Bertz CT molecular complexity index is 510. The number of rotatable bonds is 16. The van der Waals surface area contributed by atoms with Crippen molar-refractivity contribution in [3.63, 3.8) is 0 Å². The second-order valence-electron chi connectivity index (χ2n) is 8.57. The normalized spacial score (nSPS) is 16.3. The van der Waals surface area contributed by atoms with E-state index in [1.54, 1.807) is 0 Å². The Morgan fingerprint density at radius 1 is 0.643 bits per heavy atom. The Morgan fingerprint density at radius 3 is 1.71 bits per heavy atom. The Morgan fingerprint density at radius 2 is 1.14 bits per heavy atom. The fourth-order valence-electron chi connectivity index (χ4n) is 4.16. The fourth-order valence-corrected chi connectivity index (χ4v) is 4.16. The van der Waals surface area contributed by atoms with E-state index in [1.807, 2.05) is 0 Å². The second kappa shape index (κ2) is 14.5. The lowest BCUT2D eigenvalue weighted by atomic mass is 10.0. The first-order chi connectivity index (χ1) is 13.8. The summed E-state index contributed by atoms with van der Waals surface area (Å²) in [6.07, 6.45) is 23.6. The van der Waals surface area contributed by atoms with Gasteiger partial charge in [-0.25, -0.2) is 0 Å². The molecule has 0 bridgehead atoms. The van der Waals surface area contributed by atoms with Crippen molar-refractivity contribution in [1.29, 1.82) is 0 Å². The molecule has 1 heterocycles. The first-order valence-electron chi connectivity index (χ1n) is 12.0. The maximum absolute atomic E-state index is 2.50. The van der Waals surface area contributed by atoms with Gasteiger partial charge in [0, 0.05) is 25.5 Å². The number of hydrogen-bond donors (Lipinski definition) is 0. The van der Waals surface area contributed by atoms with Crippen LogP contribution in [0.15, 0.2) is 42.7 Å². The van der Waals surface area contributed by atoms with Crippen molar-refractivity contribution in [2.45, 2.75) is 110 Å². The van der Waals surface area contributed by atoms with Crippen LogP contribution in [0, 0.1) is 0 Å². The van der Waals surface area contributed by atoms with Crippen molar-refractivity contribution >= 4 is 0 Å². The molecule has 0 saturated heterocycles. The predicted molar refractivity (Wildman–Crippen MR) is 123 cm³/mol. The van der Waals surface area contributed by atoms with Crippen molar-refractivity contribution in [1.82, 2.24) is 9.80 Å². The van der Waals surface area contributed by atoms with Crippen LogP contribution in [0.2, 0.25) is 0 Å². The number of hydrogen-bond acceptors (Lipinski definition) is 2. The summed E-state index contributed by atoms with van der Waals surface area (Å²) in [5, 5.41) is 0. The van der Waals surface area contributed by atoms with Gasteiger partial charge in [-0.2, -0.15) is 0 Å². The standard InChI is InChI=1S/C26H44N2/c1-3-4-5-6-7-8-9-10-11-12-13-14-18-21-27-22-23-28(25(27)2)24-26-19-16-15-17-20-26/h15-17,19-20,22-23,25H,3-14,18,21,24H2,1-2H3. The van der Waals surface area contributed by atoms with Crippen LogP contribution >= 0.6 is 0 Å². The van der Waals surface area contributed by atoms with Gasteiger partial charge in [0.05, 0.1) is 6.17 Å². The van der Waals surface area contributed by atoms with Crippen LogP contribution in [-0.2, 0) is 6.54 Å². The van der Waals surface area contributed by atoms with Gasteiger partial charge in [-0.1, -0.05) is 114 Å². The molecule has 1 unspecified atom stereocenters. The van der Waals surface area contributed by atoms with Crippen LogP contribution in [0.4, 0.5) is 0 Å². The van der Waals surface area contributed by atoms with Crippen LogP contribution < -0.4 is 0 Å². The Hall–Kier alpha value is -1.44. The third kappa shape index (κ3) is 9.17. The topological polar surface area (TPSA) is 6.48 Å². The zero-order valence-corrected chi connectivity index (χ0v) is 18.6. The lowest BCUT2D eigenvalue weighted by molar-refractivity contribution is 0.162. The molecular formula is C26H44N2. The first-order valence-corrected chi connectivity index (χ1v) is 12.0. The molecule has 2 heteroatoms. The summed E-state index contributed by atoms with van der Waals surface area (Å²) < 4.78 is 0. The van der Waals surface area contributed by atoms with E-state index >= 15 is 0 Å². The molecule has 0 saturated carbocycles. The minimum atomic E-state index is 0.484. The van der Waals surface area contributed by atoms with E-state index in [9.17, 15) is 0 Å². The third-order valence-corrected chi connectivity index (χ3v) is 6.14. The minimum Gasteiger partial charge on any atom is -0.356 e. The molecule has 0 aromatic heterocycles. The van der Waals surface area contributed by atoms with Gasteiger partial charge in [-0.3, -0.25) is 0 Å². The zero-order chi connectivity index (χ0) is 19.9. The lowest BCUT2D eigenvalue weighted by Crippen LogP contribution is -2.36. The number of unbranched alkanes of at least 4 members (excludes halogenated alkanes) is 12. The van der Waals surface area contributed by atoms with E-state index in [2.05, 4.69) is 66.4 Å². The number of benzene rings is 1. The monoisotopic (exact) mass is 384 g/mol. The van der Waals surface area contributed by atoms with Crippen LogP contribution in [-0.4, -0.2) is 22.5 Å². The molecule has 1 aliphatic heterocycles. The van der Waals surface area contributed by atoms with E-state index in [1.165, 1.54) is 95.6 Å². The predicted octanol–water partition coefficient (Wildman–Crippen LogP) is 7.71. The zero-order valence-electron chi connectivity index (χ0n) is 18.6. The third-order valence-electron chi connectivity index (χ3n) is 6.14. The Labute approximate surface area is 175 Å². The SMILES string of the molecule is CCCCCCCCCCCCCCCN1C=CN(Cc2ccccc2)C1C. The van der Waals surface area contributed by atoms with Gasteiger partial charge in [0.15, 0.2) is 0 Å². The van der Waals surface area contributed by atoms with Gasteiger partial charge in [0.25, 0.3) is 0 Å². The summed E-state index contributed by atoms with van der Waals surface area (Å²) in [5.74, 6) is 0. The summed E-state index contributed by atoms with van der Waals surface area (Å²) in [5.41, 5.74) is 1.39. The van der Waals surface area contributed by atoms with Gasteiger partial charge in [-0.05, 0) is 18.9 Å². The van der Waals surface area contributed by atoms with Gasteiger partial charge in [0.2, 0.25) is 0 Å². The Balaban J connectivity index is 1.41. The average Bonchev–Trinajstić information content (AvgIpc) is 3.06. The molecule has 1 atom stereocenters. The summed E-state index contributed by atoms with van der Waals surface area (Å²) >= 11 is 0. The molecule has 0 aliphatic carbocycles. The summed E-state index contributed by atoms with van der Waals surface area (Å²) in [7, 11) is 0. The lowest BCUT2D eigenvalue weighted by Gasteiger charge is -2.30. The number of nitrogens with zero attached hydrogens (tertiary/aromatic N) is 2. The molecule has 1 aromatic rings. The summed E-state index contributed by atoms with van der Waals surface area (Å²) in [6, 6.07) is 10.8. The van der Waals surface area contributed by atoms with E-state index in [-0.39, 0.29) is 0 Å². The van der Waals surface area contributed by atoms with Crippen LogP contribution in [0.1, 0.15) is 103 Å². The highest BCUT2D eigenvalue weighted by molar-refractivity contribution is 5.15. The van der Waals surface area contributed by atoms with Gasteiger partial charge < -0.3 is 9.80 Å². The van der Waals surface area contributed by atoms with Gasteiger partial charge >= 0.3 is 0 Å². The highest BCUT2D eigenvalue weighted by atomic mass is 15.4. The molecule has 0 amide bonds. The molecule has 2 nitrogen and oxygen atoms in total. The van der Waals surface area contributed by atoms with Gasteiger partial charge in [0.1, 0.15) is 0 Å². The molecule has 0 fully saturated rings. The van der Waals surface area contributed by atoms with E-state index in [0.29, 0.717) is 6.17 Å². The van der Waals surface area contributed by atoms with Crippen molar-refractivity contribution in [2.75, 3.05) is 6.54 Å². The molecule has 0 spiro atoms. The van der Waals surface area contributed by atoms with E-state index in [4.69, 9.17) is 0 Å². The average molecular weight is 385 g/mol. The first kappa shape index (κ1) is 22.8. The molecule has 0 radical (unpaired) electrons. The van der Waals surface area contributed by atoms with Crippen LogP contribution in [0.25, 0.3) is 0 Å². The smallest absolute Gasteiger partial charge is 0.0981 e. The van der Waals surface area contributed by atoms with Crippen LogP contribution in [0.5, 0.6) is 0 Å². The summed E-state index contributed by atoms with van der Waals surface area (Å²) in [4.78, 5) is 4.94. The largest absolute Gasteiger partial charge is 0.356 e. The van der Waals surface area contributed by atoms with E-state index in [0.717, 1.165) is 6.54 Å². The van der Waals surface area contributed by atoms with Gasteiger partial charge in [-0.15, -0.1) is 0 Å². The minimum absolute atomic E-state index is 0.484. The highest BCUT2D eigenvalue weighted by Gasteiger charge is 2.21. The molecular weight excluding hydrogens is 340 g/mol. The van der Waals surface area contributed by atoms with Crippen molar-refractivity contribution < 1.29 is 0 Å². The fraction of sp³-hybridized carbons (Fsp3) is 0.692. The van der Waals surface area contributed by atoms with Crippen molar-refractivity contribution in [2.24, 2.45) is 0 Å². The maximum atomic E-state index is 2.50. The second-order valence-corrected chi connectivity index (χ2v) is 8.57. The quantitative estimate of drug-likeness (QED) is 0.269. The van der Waals surface area contributed by atoms with Crippen LogP contribution in [0.3, 0.4) is 0 Å². The maximum Gasteiger partial charge on any atom is 0.0981 e. The van der Waals surface area contributed by atoms with Crippen molar-refractivity contribution in [3.8, 4) is 0 Å². The van der Waals surface area contributed by atoms with E-state index < -0.39 is 0 Å². The molecule has 0 N–H and O–H groups in total. The molecule has 1 aromatic carbocycles. The molecule has 158 valence electrons. The molecule has 1 aliphatic rings. The molecule has 2 rings (SSSR count). The Kier molecular flexibility index (Phi) is 11.9.